The molecule has 2 aromatic rings. The Hall–Kier alpha value is -2.77. The van der Waals surface area contributed by atoms with E-state index in [1.165, 1.54) is 11.8 Å². The fourth-order valence-corrected chi connectivity index (χ4v) is 3.04. The molecule has 3 rings (SSSR count). The zero-order valence-corrected chi connectivity index (χ0v) is 14.8. The maximum absolute atomic E-state index is 12.1. The lowest BCUT2D eigenvalue weighted by Gasteiger charge is -2.06. The number of thioether (sulfide) groups is 1. The summed E-state index contributed by atoms with van der Waals surface area (Å²) in [6.07, 6.45) is 1.72. The van der Waals surface area contributed by atoms with E-state index < -0.39 is 12.6 Å². The molecule has 1 saturated heterocycles. The average Bonchev–Trinajstić information content (AvgIpc) is 2.95. The second-order valence-electron chi connectivity index (χ2n) is 5.19. The predicted molar refractivity (Wildman–Crippen MR) is 99.2 cm³/mol. The fraction of sp³-hybridized carbons (Fsp3) is 0.0556. The Morgan fingerprint density at radius 1 is 1.19 bits per heavy atom. The van der Waals surface area contributed by atoms with Gasteiger partial charge in [0.2, 0.25) is 0 Å². The lowest BCUT2D eigenvalue weighted by Crippen LogP contribution is -2.28. The van der Waals surface area contributed by atoms with Crippen LogP contribution in [0.5, 0.6) is 5.75 Å². The molecule has 0 atom stereocenters. The van der Waals surface area contributed by atoms with E-state index in [-0.39, 0.29) is 5.91 Å². The first-order valence-corrected chi connectivity index (χ1v) is 8.67. The van der Waals surface area contributed by atoms with Crippen molar-refractivity contribution in [2.75, 3.05) is 6.61 Å². The van der Waals surface area contributed by atoms with Crippen molar-refractivity contribution in [1.82, 2.24) is 5.32 Å². The highest BCUT2D eigenvalue weighted by molar-refractivity contribution is 8.18. The van der Waals surface area contributed by atoms with Gasteiger partial charge in [0.25, 0.3) is 5.91 Å². The smallest absolute Gasteiger partial charge is 0.264 e. The van der Waals surface area contributed by atoms with Gasteiger partial charge in [0, 0.05) is 5.02 Å². The number of hydrogen-bond acceptors (Lipinski definition) is 6. The van der Waals surface area contributed by atoms with Crippen LogP contribution in [0.4, 0.5) is 5.69 Å². The number of carbonyl (C=O) groups is 2. The fourth-order valence-electron chi connectivity index (χ4n) is 2.07. The number of carboxylic acids is 1. The van der Waals surface area contributed by atoms with Gasteiger partial charge in [-0.05, 0) is 59.8 Å². The SMILES string of the molecule is O=C([O-])COc1ccc(/C=C2\SC(=Nc3ccc(Cl)cc3)NC2=O)cc1. The predicted octanol–water partition coefficient (Wildman–Crippen LogP) is 2.36. The van der Waals surface area contributed by atoms with Gasteiger partial charge < -0.3 is 20.0 Å². The topological polar surface area (TPSA) is 90.8 Å². The van der Waals surface area contributed by atoms with Crippen molar-refractivity contribution in [3.05, 3.63) is 64.0 Å². The zero-order chi connectivity index (χ0) is 18.5. The van der Waals surface area contributed by atoms with Crippen LogP contribution in [0.3, 0.4) is 0 Å². The Morgan fingerprint density at radius 2 is 1.88 bits per heavy atom. The minimum atomic E-state index is -1.29. The molecule has 6 nitrogen and oxygen atoms in total. The summed E-state index contributed by atoms with van der Waals surface area (Å²) in [4.78, 5) is 27.3. The van der Waals surface area contributed by atoms with E-state index >= 15 is 0 Å². The van der Waals surface area contributed by atoms with Gasteiger partial charge in [0.05, 0.1) is 16.6 Å². The number of amidine groups is 1. The summed E-state index contributed by atoms with van der Waals surface area (Å²) in [5, 5.41) is 14.2. The quantitative estimate of drug-likeness (QED) is 0.795. The molecule has 2 aromatic carbocycles. The molecule has 1 fully saturated rings. The first kappa shape index (κ1) is 18.0. The average molecular weight is 388 g/mol. The van der Waals surface area contributed by atoms with Crippen molar-refractivity contribution in [2.45, 2.75) is 0 Å². The van der Waals surface area contributed by atoms with Gasteiger partial charge in [0.1, 0.15) is 12.4 Å². The highest BCUT2D eigenvalue weighted by atomic mass is 35.5. The van der Waals surface area contributed by atoms with Crippen molar-refractivity contribution >= 4 is 52.2 Å². The number of halogens is 1. The first-order chi connectivity index (χ1) is 12.5. The molecule has 0 aliphatic carbocycles. The summed E-state index contributed by atoms with van der Waals surface area (Å²) >= 11 is 7.07. The minimum Gasteiger partial charge on any atom is -0.546 e. The Balaban J connectivity index is 1.70. The molecule has 0 unspecified atom stereocenters. The maximum Gasteiger partial charge on any atom is 0.264 e. The van der Waals surface area contributed by atoms with Gasteiger partial charge in [-0.25, -0.2) is 4.99 Å². The minimum absolute atomic E-state index is 0.236. The Morgan fingerprint density at radius 3 is 2.54 bits per heavy atom. The van der Waals surface area contributed by atoms with Crippen molar-refractivity contribution in [3.8, 4) is 5.75 Å². The van der Waals surface area contributed by atoms with Crippen LogP contribution in [0.25, 0.3) is 6.08 Å². The van der Waals surface area contributed by atoms with Crippen molar-refractivity contribution in [1.29, 1.82) is 0 Å². The molecule has 1 amide bonds. The second-order valence-corrected chi connectivity index (χ2v) is 6.65. The third-order valence-corrected chi connectivity index (χ3v) is 4.40. The third-order valence-electron chi connectivity index (χ3n) is 3.24. The van der Waals surface area contributed by atoms with Gasteiger partial charge >= 0.3 is 0 Å². The van der Waals surface area contributed by atoms with Crippen molar-refractivity contribution in [2.24, 2.45) is 4.99 Å². The molecule has 1 aliphatic heterocycles. The molecule has 0 saturated carbocycles. The number of ether oxygens (including phenoxy) is 1. The normalized spacial score (nSPS) is 16.7. The molecule has 0 spiro atoms. The molecule has 1 N–H and O–H groups in total. The standard InChI is InChI=1S/C18H13ClN2O4S/c19-12-3-5-13(6-4-12)20-18-21-17(24)15(26-18)9-11-1-7-14(8-2-11)25-10-16(22)23/h1-9H,10H2,(H,22,23)(H,20,21,24)/p-1/b15-9-. The van der Waals surface area contributed by atoms with E-state index in [1.54, 1.807) is 54.6 Å². The molecule has 132 valence electrons. The molecule has 1 aliphatic rings. The highest BCUT2D eigenvalue weighted by Gasteiger charge is 2.23. The number of aliphatic carboxylic acids is 1. The maximum atomic E-state index is 12.1. The van der Waals surface area contributed by atoms with E-state index in [1.807, 2.05) is 0 Å². The third kappa shape index (κ3) is 4.87. The first-order valence-electron chi connectivity index (χ1n) is 7.47. The molecule has 0 radical (unpaired) electrons. The van der Waals surface area contributed by atoms with Crippen molar-refractivity contribution in [3.63, 3.8) is 0 Å². The molecule has 26 heavy (non-hydrogen) atoms. The summed E-state index contributed by atoms with van der Waals surface area (Å²) in [5.74, 6) is -1.12. The van der Waals surface area contributed by atoms with E-state index in [0.717, 1.165) is 5.56 Å². The van der Waals surface area contributed by atoms with Gasteiger partial charge in [-0.1, -0.05) is 23.7 Å². The second kappa shape index (κ2) is 8.07. The number of benzene rings is 2. The lowest BCUT2D eigenvalue weighted by molar-refractivity contribution is -0.307. The Labute approximate surface area is 158 Å². The summed E-state index contributed by atoms with van der Waals surface area (Å²) in [6.45, 7) is -0.511. The molecule has 8 heteroatoms. The van der Waals surface area contributed by atoms with Gasteiger partial charge in [-0.3, -0.25) is 4.79 Å². The number of carboxylic acid groups (broad SMARTS) is 1. The van der Waals surface area contributed by atoms with Gasteiger partial charge in [-0.2, -0.15) is 0 Å². The molecule has 0 aromatic heterocycles. The summed E-state index contributed by atoms with van der Waals surface area (Å²) in [6, 6.07) is 13.7. The van der Waals surface area contributed by atoms with Crippen LogP contribution < -0.4 is 15.2 Å². The lowest BCUT2D eigenvalue weighted by atomic mass is 10.2. The molecule has 0 bridgehead atoms. The van der Waals surface area contributed by atoms with E-state index in [0.29, 0.717) is 26.5 Å². The largest absolute Gasteiger partial charge is 0.546 e. The van der Waals surface area contributed by atoms with Crippen LogP contribution in [-0.2, 0) is 9.59 Å². The van der Waals surface area contributed by atoms with Crippen LogP contribution in [0, 0.1) is 0 Å². The van der Waals surface area contributed by atoms with Gasteiger partial charge in [0.15, 0.2) is 5.17 Å². The van der Waals surface area contributed by atoms with Gasteiger partial charge in [-0.15, -0.1) is 0 Å². The number of aliphatic imine (C=N–C) groups is 1. The van der Waals surface area contributed by atoms with Crippen LogP contribution in [0.1, 0.15) is 5.56 Å². The van der Waals surface area contributed by atoms with Crippen molar-refractivity contribution < 1.29 is 19.4 Å². The zero-order valence-electron chi connectivity index (χ0n) is 13.3. The summed E-state index contributed by atoms with van der Waals surface area (Å²) < 4.78 is 5.01. The number of amides is 1. The Bertz CT molecular complexity index is 892. The number of hydrogen-bond donors (Lipinski definition) is 1. The number of carbonyl (C=O) groups excluding carboxylic acids is 2. The van der Waals surface area contributed by atoms with Crippen LogP contribution in [0.2, 0.25) is 5.02 Å². The molecule has 1 heterocycles. The van der Waals surface area contributed by atoms with Crippen LogP contribution >= 0.6 is 23.4 Å². The Kier molecular flexibility index (Phi) is 5.60. The highest BCUT2D eigenvalue weighted by Crippen LogP contribution is 2.28. The van der Waals surface area contributed by atoms with E-state index in [4.69, 9.17) is 16.3 Å². The summed E-state index contributed by atoms with van der Waals surface area (Å²) in [5.41, 5.74) is 1.46. The molecular formula is C18H12ClN2O4S-. The number of nitrogens with one attached hydrogen (secondary N) is 1. The van der Waals surface area contributed by atoms with E-state index in [2.05, 4.69) is 10.3 Å². The van der Waals surface area contributed by atoms with Crippen LogP contribution in [0.15, 0.2) is 58.4 Å². The summed E-state index contributed by atoms with van der Waals surface area (Å²) in [7, 11) is 0. The van der Waals surface area contributed by atoms with E-state index in [9.17, 15) is 14.7 Å². The van der Waals surface area contributed by atoms with Crippen LogP contribution in [-0.4, -0.2) is 23.7 Å². The number of rotatable bonds is 5. The monoisotopic (exact) mass is 387 g/mol. The molecular weight excluding hydrogens is 376 g/mol. The number of nitrogens with zero attached hydrogens (tertiary/aromatic N) is 1.